The van der Waals surface area contributed by atoms with Crippen LogP contribution >= 0.6 is 23.1 Å². The molecular formula is C11H17N3O2S2. The van der Waals surface area contributed by atoms with Crippen molar-refractivity contribution in [1.82, 2.24) is 10.2 Å². The molecule has 0 aliphatic rings. The Morgan fingerprint density at radius 2 is 2.22 bits per heavy atom. The second kappa shape index (κ2) is 7.38. The standard InChI is InChI=1S/C11H17N3O2S2/c1-5-8(9(15)16-4)6-7-17-11-13-12-10(18-11)14(2)3/h6H,5,7H2,1-4H3. The highest BCUT2D eigenvalue weighted by atomic mass is 32.2. The van der Waals surface area contributed by atoms with E-state index in [2.05, 4.69) is 10.2 Å². The smallest absolute Gasteiger partial charge is 0.333 e. The lowest BCUT2D eigenvalue weighted by Crippen LogP contribution is -2.07. The average molecular weight is 287 g/mol. The van der Waals surface area contributed by atoms with Crippen LogP contribution in [0.5, 0.6) is 0 Å². The summed E-state index contributed by atoms with van der Waals surface area (Å²) in [5.74, 6) is 0.435. The highest BCUT2D eigenvalue weighted by molar-refractivity contribution is 8.01. The van der Waals surface area contributed by atoms with Crippen molar-refractivity contribution in [3.8, 4) is 0 Å². The molecule has 0 spiro atoms. The number of carbonyl (C=O) groups is 1. The Balaban J connectivity index is 2.53. The van der Waals surface area contributed by atoms with Crippen LogP contribution in [0.1, 0.15) is 13.3 Å². The van der Waals surface area contributed by atoms with Gasteiger partial charge in [0.15, 0.2) is 4.34 Å². The van der Waals surface area contributed by atoms with Crippen molar-refractivity contribution >= 4 is 34.2 Å². The normalized spacial score (nSPS) is 11.4. The summed E-state index contributed by atoms with van der Waals surface area (Å²) in [5, 5.41) is 9.00. The van der Waals surface area contributed by atoms with Crippen LogP contribution in [-0.4, -0.2) is 43.1 Å². The largest absolute Gasteiger partial charge is 0.466 e. The number of hydrogen-bond acceptors (Lipinski definition) is 7. The highest BCUT2D eigenvalue weighted by Gasteiger charge is 2.08. The number of rotatable bonds is 6. The summed E-state index contributed by atoms with van der Waals surface area (Å²) in [5.41, 5.74) is 0.697. The summed E-state index contributed by atoms with van der Waals surface area (Å²) in [4.78, 5) is 13.3. The molecule has 0 saturated heterocycles. The van der Waals surface area contributed by atoms with Gasteiger partial charge in [-0.05, 0) is 6.42 Å². The first kappa shape index (κ1) is 15.0. The van der Waals surface area contributed by atoms with E-state index in [-0.39, 0.29) is 5.97 Å². The molecule has 0 atom stereocenters. The minimum absolute atomic E-state index is 0.260. The minimum Gasteiger partial charge on any atom is -0.466 e. The van der Waals surface area contributed by atoms with Crippen LogP contribution in [0, 0.1) is 0 Å². The van der Waals surface area contributed by atoms with Gasteiger partial charge in [-0.3, -0.25) is 0 Å². The van der Waals surface area contributed by atoms with E-state index in [0.717, 1.165) is 9.47 Å². The maximum absolute atomic E-state index is 11.3. The topological polar surface area (TPSA) is 55.3 Å². The Labute approximate surface area is 115 Å². The van der Waals surface area contributed by atoms with Gasteiger partial charge < -0.3 is 9.64 Å². The molecule has 0 bridgehead atoms. The predicted octanol–water partition coefficient (Wildman–Crippen LogP) is 2.21. The van der Waals surface area contributed by atoms with Crippen LogP contribution in [0.3, 0.4) is 0 Å². The molecule has 0 unspecified atom stereocenters. The van der Waals surface area contributed by atoms with Gasteiger partial charge in [-0.2, -0.15) is 0 Å². The molecule has 0 radical (unpaired) electrons. The molecule has 0 fully saturated rings. The molecule has 100 valence electrons. The van der Waals surface area contributed by atoms with E-state index in [1.54, 1.807) is 11.8 Å². The third kappa shape index (κ3) is 4.30. The van der Waals surface area contributed by atoms with Crippen LogP contribution in [0.25, 0.3) is 0 Å². The van der Waals surface area contributed by atoms with E-state index in [4.69, 9.17) is 4.74 Å². The third-order valence-corrected chi connectivity index (χ3v) is 4.29. The predicted molar refractivity (Wildman–Crippen MR) is 75.4 cm³/mol. The van der Waals surface area contributed by atoms with Gasteiger partial charge in [0, 0.05) is 25.4 Å². The first-order chi connectivity index (χ1) is 8.58. The van der Waals surface area contributed by atoms with E-state index in [9.17, 15) is 4.79 Å². The fourth-order valence-corrected chi connectivity index (χ4v) is 2.85. The molecule has 5 nitrogen and oxygen atoms in total. The number of ether oxygens (including phenoxy) is 1. The molecule has 0 saturated carbocycles. The van der Waals surface area contributed by atoms with Crippen LogP contribution in [0.2, 0.25) is 0 Å². The average Bonchev–Trinajstić information content (AvgIpc) is 2.82. The van der Waals surface area contributed by atoms with Gasteiger partial charge in [0.1, 0.15) is 0 Å². The first-order valence-corrected chi connectivity index (χ1v) is 7.29. The van der Waals surface area contributed by atoms with Crippen molar-refractivity contribution in [1.29, 1.82) is 0 Å². The SMILES string of the molecule is CCC(=CCSc1nnc(N(C)C)s1)C(=O)OC. The van der Waals surface area contributed by atoms with E-state index in [1.165, 1.54) is 18.4 Å². The van der Waals surface area contributed by atoms with Crippen molar-refractivity contribution < 1.29 is 9.53 Å². The number of hydrogen-bond donors (Lipinski definition) is 0. The van der Waals surface area contributed by atoms with Crippen molar-refractivity contribution in [2.24, 2.45) is 0 Å². The molecule has 1 aromatic heterocycles. The van der Waals surface area contributed by atoms with Crippen LogP contribution in [0.4, 0.5) is 5.13 Å². The van der Waals surface area contributed by atoms with Crippen LogP contribution < -0.4 is 4.90 Å². The first-order valence-electron chi connectivity index (χ1n) is 5.49. The van der Waals surface area contributed by atoms with Crippen molar-refractivity contribution in [3.63, 3.8) is 0 Å². The number of nitrogens with zero attached hydrogens (tertiary/aromatic N) is 3. The Kier molecular flexibility index (Phi) is 6.14. The molecule has 1 rings (SSSR count). The summed E-state index contributed by atoms with van der Waals surface area (Å²) in [7, 11) is 5.26. The maximum Gasteiger partial charge on any atom is 0.333 e. The number of anilines is 1. The fourth-order valence-electron chi connectivity index (χ4n) is 1.16. The van der Waals surface area contributed by atoms with E-state index in [0.29, 0.717) is 17.7 Å². The number of aromatic nitrogens is 2. The van der Waals surface area contributed by atoms with Gasteiger partial charge >= 0.3 is 5.97 Å². The number of methoxy groups -OCH3 is 1. The molecule has 1 heterocycles. The van der Waals surface area contributed by atoms with Gasteiger partial charge in [0.05, 0.1) is 7.11 Å². The Bertz CT molecular complexity index is 430. The summed E-state index contributed by atoms with van der Waals surface area (Å²) in [6.07, 6.45) is 2.56. The molecule has 0 amide bonds. The second-order valence-corrected chi connectivity index (χ2v) is 5.85. The molecule has 7 heteroatoms. The monoisotopic (exact) mass is 287 g/mol. The molecule has 0 aromatic carbocycles. The van der Waals surface area contributed by atoms with E-state index >= 15 is 0 Å². The lowest BCUT2D eigenvalue weighted by atomic mass is 10.2. The van der Waals surface area contributed by atoms with Gasteiger partial charge in [-0.15, -0.1) is 10.2 Å². The van der Waals surface area contributed by atoms with Crippen molar-refractivity contribution in [2.75, 3.05) is 31.9 Å². The molecule has 0 aliphatic carbocycles. The van der Waals surface area contributed by atoms with Gasteiger partial charge in [-0.1, -0.05) is 36.1 Å². The van der Waals surface area contributed by atoms with Crippen molar-refractivity contribution in [3.05, 3.63) is 11.6 Å². The third-order valence-electron chi connectivity index (χ3n) is 2.14. The number of carbonyl (C=O) groups excluding carboxylic acids is 1. The van der Waals surface area contributed by atoms with E-state index in [1.807, 2.05) is 32.0 Å². The Morgan fingerprint density at radius 1 is 1.50 bits per heavy atom. The highest BCUT2D eigenvalue weighted by Crippen LogP contribution is 2.27. The molecule has 1 aromatic rings. The Morgan fingerprint density at radius 3 is 2.72 bits per heavy atom. The number of esters is 1. The lowest BCUT2D eigenvalue weighted by molar-refractivity contribution is -0.136. The summed E-state index contributed by atoms with van der Waals surface area (Å²) in [6, 6.07) is 0. The van der Waals surface area contributed by atoms with Crippen LogP contribution in [-0.2, 0) is 9.53 Å². The zero-order valence-electron chi connectivity index (χ0n) is 11.0. The lowest BCUT2D eigenvalue weighted by Gasteiger charge is -2.03. The Hall–Kier alpha value is -1.08. The molecule has 0 N–H and O–H groups in total. The molecule has 0 aliphatic heterocycles. The van der Waals surface area contributed by atoms with Crippen molar-refractivity contribution in [2.45, 2.75) is 17.7 Å². The summed E-state index contributed by atoms with van der Waals surface area (Å²) < 4.78 is 5.59. The minimum atomic E-state index is -0.260. The zero-order valence-corrected chi connectivity index (χ0v) is 12.6. The fraction of sp³-hybridized carbons (Fsp3) is 0.545. The number of thioether (sulfide) groups is 1. The van der Waals surface area contributed by atoms with Gasteiger partial charge in [0.2, 0.25) is 5.13 Å². The van der Waals surface area contributed by atoms with Gasteiger partial charge in [0.25, 0.3) is 0 Å². The summed E-state index contributed by atoms with van der Waals surface area (Å²) in [6.45, 7) is 1.93. The van der Waals surface area contributed by atoms with Gasteiger partial charge in [-0.25, -0.2) is 4.79 Å². The summed E-state index contributed by atoms with van der Waals surface area (Å²) >= 11 is 3.10. The zero-order chi connectivity index (χ0) is 13.5. The van der Waals surface area contributed by atoms with E-state index < -0.39 is 0 Å². The molecular weight excluding hydrogens is 270 g/mol. The van der Waals surface area contributed by atoms with Crippen LogP contribution in [0.15, 0.2) is 16.0 Å². The quantitative estimate of drug-likeness (QED) is 0.454. The second-order valence-electron chi connectivity index (χ2n) is 3.63. The molecule has 18 heavy (non-hydrogen) atoms. The maximum atomic E-state index is 11.3.